The van der Waals surface area contributed by atoms with Gasteiger partial charge < -0.3 is 14.6 Å². The number of ether oxygens (including phenoxy) is 2. The van der Waals surface area contributed by atoms with Gasteiger partial charge >= 0.3 is 0 Å². The standard InChI is InChI=1S/C20H31NO3/c1-13(2)8-15-12-21-7-6-14-9-18(23-4)19(24-5)10-16(14)20(21,3)11-17(15)22/h9-10,13,15,17,22H,6-8,11-12H2,1-5H3/t15-,17-,20-/m1/s1. The van der Waals surface area contributed by atoms with Gasteiger partial charge in [-0.1, -0.05) is 13.8 Å². The van der Waals surface area contributed by atoms with Crippen LogP contribution in [0.15, 0.2) is 12.1 Å². The lowest BCUT2D eigenvalue weighted by molar-refractivity contribution is -0.0647. The van der Waals surface area contributed by atoms with Crippen molar-refractivity contribution in [1.29, 1.82) is 0 Å². The van der Waals surface area contributed by atoms with Crippen LogP contribution in [-0.2, 0) is 12.0 Å². The van der Waals surface area contributed by atoms with Crippen LogP contribution in [0.25, 0.3) is 0 Å². The average molecular weight is 333 g/mol. The minimum atomic E-state index is -0.243. The van der Waals surface area contributed by atoms with Crippen molar-refractivity contribution in [3.05, 3.63) is 23.3 Å². The summed E-state index contributed by atoms with van der Waals surface area (Å²) in [6, 6.07) is 4.24. The van der Waals surface area contributed by atoms with Crippen LogP contribution in [0.4, 0.5) is 0 Å². The molecule has 0 saturated carbocycles. The van der Waals surface area contributed by atoms with Gasteiger partial charge in [-0.2, -0.15) is 0 Å². The Hall–Kier alpha value is -1.26. The van der Waals surface area contributed by atoms with E-state index in [4.69, 9.17) is 9.47 Å². The molecule has 2 heterocycles. The Morgan fingerprint density at radius 3 is 2.54 bits per heavy atom. The second kappa shape index (κ2) is 6.57. The van der Waals surface area contributed by atoms with Crippen molar-refractivity contribution in [2.24, 2.45) is 11.8 Å². The molecule has 1 aromatic rings. The first-order chi connectivity index (χ1) is 11.4. The van der Waals surface area contributed by atoms with Gasteiger partial charge in [0.1, 0.15) is 0 Å². The van der Waals surface area contributed by atoms with E-state index >= 15 is 0 Å². The summed E-state index contributed by atoms with van der Waals surface area (Å²) in [5, 5.41) is 10.8. The van der Waals surface area contributed by atoms with Crippen LogP contribution in [0.1, 0.15) is 44.7 Å². The summed E-state index contributed by atoms with van der Waals surface area (Å²) in [7, 11) is 3.36. The zero-order valence-electron chi connectivity index (χ0n) is 15.6. The van der Waals surface area contributed by atoms with Crippen LogP contribution < -0.4 is 9.47 Å². The van der Waals surface area contributed by atoms with E-state index in [0.29, 0.717) is 11.8 Å². The van der Waals surface area contributed by atoms with E-state index in [1.54, 1.807) is 14.2 Å². The van der Waals surface area contributed by atoms with Gasteiger partial charge in [-0.15, -0.1) is 0 Å². The molecular formula is C20H31NO3. The number of rotatable bonds is 4. The summed E-state index contributed by atoms with van der Waals surface area (Å²) >= 11 is 0. The summed E-state index contributed by atoms with van der Waals surface area (Å²) in [5.41, 5.74) is 2.48. The SMILES string of the molecule is COc1cc2c(cc1OC)[C@@]1(C)C[C@@H](O)[C@H](CC(C)C)CN1CC2. The van der Waals surface area contributed by atoms with Crippen molar-refractivity contribution in [3.63, 3.8) is 0 Å². The van der Waals surface area contributed by atoms with E-state index in [2.05, 4.69) is 37.8 Å². The monoisotopic (exact) mass is 333 g/mol. The number of aliphatic hydroxyl groups is 1. The smallest absolute Gasteiger partial charge is 0.161 e. The molecule has 3 rings (SSSR count). The molecule has 0 aromatic heterocycles. The predicted molar refractivity (Wildman–Crippen MR) is 95.7 cm³/mol. The lowest BCUT2D eigenvalue weighted by Crippen LogP contribution is -2.58. The number of nitrogens with zero attached hydrogens (tertiary/aromatic N) is 1. The van der Waals surface area contributed by atoms with Gasteiger partial charge in [-0.25, -0.2) is 0 Å². The fourth-order valence-corrected chi connectivity index (χ4v) is 4.65. The predicted octanol–water partition coefficient (Wildman–Crippen LogP) is 3.20. The molecular weight excluding hydrogens is 302 g/mol. The molecule has 0 radical (unpaired) electrons. The topological polar surface area (TPSA) is 41.9 Å². The summed E-state index contributed by atoms with van der Waals surface area (Å²) < 4.78 is 11.0. The van der Waals surface area contributed by atoms with Crippen LogP contribution in [0.3, 0.4) is 0 Å². The number of methoxy groups -OCH3 is 2. The zero-order valence-corrected chi connectivity index (χ0v) is 15.6. The third-order valence-corrected chi connectivity index (χ3v) is 5.92. The van der Waals surface area contributed by atoms with Crippen LogP contribution in [-0.4, -0.2) is 43.4 Å². The highest BCUT2D eigenvalue weighted by atomic mass is 16.5. The molecule has 3 atom stereocenters. The number of hydrogen-bond donors (Lipinski definition) is 1. The maximum absolute atomic E-state index is 10.8. The van der Waals surface area contributed by atoms with Gasteiger partial charge in [0.05, 0.1) is 20.3 Å². The molecule has 0 amide bonds. The van der Waals surface area contributed by atoms with E-state index in [9.17, 15) is 5.11 Å². The number of piperidine rings is 1. The average Bonchev–Trinajstić information content (AvgIpc) is 2.54. The Morgan fingerprint density at radius 2 is 1.92 bits per heavy atom. The van der Waals surface area contributed by atoms with Crippen molar-refractivity contribution in [1.82, 2.24) is 4.90 Å². The maximum Gasteiger partial charge on any atom is 0.161 e. The molecule has 0 unspecified atom stereocenters. The Balaban J connectivity index is 1.96. The third-order valence-electron chi connectivity index (χ3n) is 5.92. The number of benzene rings is 1. The fourth-order valence-electron chi connectivity index (χ4n) is 4.65. The van der Waals surface area contributed by atoms with Crippen LogP contribution in [0.5, 0.6) is 11.5 Å². The van der Waals surface area contributed by atoms with E-state index in [-0.39, 0.29) is 11.6 Å². The lowest BCUT2D eigenvalue weighted by atomic mass is 9.71. The second-order valence-corrected chi connectivity index (χ2v) is 8.00. The van der Waals surface area contributed by atoms with E-state index in [1.165, 1.54) is 11.1 Å². The van der Waals surface area contributed by atoms with Crippen molar-refractivity contribution in [2.45, 2.75) is 51.7 Å². The molecule has 1 saturated heterocycles. The van der Waals surface area contributed by atoms with Gasteiger partial charge in [0.15, 0.2) is 11.5 Å². The van der Waals surface area contributed by atoms with E-state index in [0.717, 1.165) is 43.9 Å². The highest BCUT2D eigenvalue weighted by molar-refractivity contribution is 5.51. The van der Waals surface area contributed by atoms with E-state index < -0.39 is 0 Å². The minimum Gasteiger partial charge on any atom is -0.493 e. The van der Waals surface area contributed by atoms with Crippen LogP contribution >= 0.6 is 0 Å². The molecule has 4 nitrogen and oxygen atoms in total. The maximum atomic E-state index is 10.8. The third kappa shape index (κ3) is 2.91. The summed E-state index contributed by atoms with van der Waals surface area (Å²) in [5.74, 6) is 2.57. The van der Waals surface area contributed by atoms with Crippen molar-refractivity contribution < 1.29 is 14.6 Å². The highest BCUT2D eigenvalue weighted by Crippen LogP contribution is 2.47. The summed E-state index contributed by atoms with van der Waals surface area (Å²) in [6.07, 6.45) is 2.66. The summed E-state index contributed by atoms with van der Waals surface area (Å²) in [6.45, 7) is 8.77. The van der Waals surface area contributed by atoms with Crippen molar-refractivity contribution in [2.75, 3.05) is 27.3 Å². The summed E-state index contributed by atoms with van der Waals surface area (Å²) in [4.78, 5) is 2.57. The highest BCUT2D eigenvalue weighted by Gasteiger charge is 2.46. The van der Waals surface area contributed by atoms with Crippen LogP contribution in [0.2, 0.25) is 0 Å². The van der Waals surface area contributed by atoms with Gasteiger partial charge in [0.25, 0.3) is 0 Å². The molecule has 0 aliphatic carbocycles. The second-order valence-electron chi connectivity index (χ2n) is 8.00. The van der Waals surface area contributed by atoms with Crippen molar-refractivity contribution >= 4 is 0 Å². The van der Waals surface area contributed by atoms with Gasteiger partial charge in [-0.3, -0.25) is 4.90 Å². The van der Waals surface area contributed by atoms with Gasteiger partial charge in [0, 0.05) is 18.6 Å². The number of fused-ring (bicyclic) bond motifs is 3. The Labute approximate surface area is 145 Å². The fraction of sp³-hybridized carbons (Fsp3) is 0.700. The van der Waals surface area contributed by atoms with Gasteiger partial charge in [0.2, 0.25) is 0 Å². The molecule has 2 aliphatic heterocycles. The number of hydrogen-bond acceptors (Lipinski definition) is 4. The first-order valence-corrected chi connectivity index (χ1v) is 9.07. The van der Waals surface area contributed by atoms with Gasteiger partial charge in [-0.05, 0) is 61.3 Å². The lowest BCUT2D eigenvalue weighted by Gasteiger charge is -2.53. The first-order valence-electron chi connectivity index (χ1n) is 9.07. The first kappa shape index (κ1) is 17.6. The zero-order chi connectivity index (χ0) is 17.5. The Kier molecular flexibility index (Phi) is 4.80. The minimum absolute atomic E-state index is 0.125. The molecule has 0 bridgehead atoms. The molecule has 1 fully saturated rings. The molecule has 4 heteroatoms. The van der Waals surface area contributed by atoms with E-state index in [1.807, 2.05) is 0 Å². The molecule has 1 aromatic carbocycles. The molecule has 24 heavy (non-hydrogen) atoms. The molecule has 2 aliphatic rings. The Morgan fingerprint density at radius 1 is 1.25 bits per heavy atom. The molecule has 1 N–H and O–H groups in total. The molecule has 0 spiro atoms. The molecule has 134 valence electrons. The van der Waals surface area contributed by atoms with Crippen molar-refractivity contribution in [3.8, 4) is 11.5 Å². The van der Waals surface area contributed by atoms with Crippen LogP contribution in [0, 0.1) is 11.8 Å². The normalized spacial score (nSPS) is 30.0. The quantitative estimate of drug-likeness (QED) is 0.919. The number of aliphatic hydroxyl groups excluding tert-OH is 1. The largest absolute Gasteiger partial charge is 0.493 e. The Bertz CT molecular complexity index is 601.